The van der Waals surface area contributed by atoms with Crippen molar-refractivity contribution in [1.82, 2.24) is 10.6 Å². The number of carbonyl (C=O) groups is 3. The molecule has 0 radical (unpaired) electrons. The molecule has 0 aliphatic carbocycles. The van der Waals surface area contributed by atoms with Gasteiger partial charge in [-0.25, -0.2) is 14.4 Å². The maximum absolute atomic E-state index is 12.3. The van der Waals surface area contributed by atoms with Gasteiger partial charge in [-0.3, -0.25) is 0 Å². The molecule has 9 heteroatoms. The van der Waals surface area contributed by atoms with Gasteiger partial charge in [-0.2, -0.15) is 0 Å². The highest BCUT2D eigenvalue weighted by atomic mass is 16.5. The number of hydrogen-bond acceptors (Lipinski definition) is 7. The number of methoxy groups -OCH3 is 2. The molecule has 2 amide bonds. The van der Waals surface area contributed by atoms with Gasteiger partial charge in [0.1, 0.15) is 18.1 Å². The molecule has 1 aromatic rings. The van der Waals surface area contributed by atoms with Crippen LogP contribution in [0.4, 0.5) is 4.79 Å². The molecule has 0 bridgehead atoms. The van der Waals surface area contributed by atoms with Crippen molar-refractivity contribution in [3.8, 4) is 11.5 Å². The number of nitrogens with one attached hydrogen (secondary N) is 2. The lowest BCUT2D eigenvalue weighted by Crippen LogP contribution is -2.51. The van der Waals surface area contributed by atoms with Crippen LogP contribution in [0.15, 0.2) is 35.5 Å². The second kappa shape index (κ2) is 10.9. The van der Waals surface area contributed by atoms with Crippen LogP contribution in [0.5, 0.6) is 11.5 Å². The molecule has 9 nitrogen and oxygen atoms in total. The molecule has 2 N–H and O–H groups in total. The number of amides is 2. The molecule has 0 saturated heterocycles. The number of urea groups is 1. The van der Waals surface area contributed by atoms with Crippen molar-refractivity contribution < 1.29 is 33.3 Å². The number of benzene rings is 1. The number of rotatable bonds is 9. The zero-order valence-corrected chi connectivity index (χ0v) is 17.4. The molecule has 30 heavy (non-hydrogen) atoms. The lowest BCUT2D eigenvalue weighted by atomic mass is 10.0. The van der Waals surface area contributed by atoms with Crippen molar-refractivity contribution in [2.24, 2.45) is 0 Å². The summed E-state index contributed by atoms with van der Waals surface area (Å²) < 4.78 is 20.7. The largest absolute Gasteiger partial charge is 0.497 e. The molecular weight excluding hydrogens is 392 g/mol. The SMILES string of the molecule is CCOC(=O)C1=C(COC(=O)/C=C/c2cc(OC)cc(OC)c2)NC(=O)N[C@@H]1CC. The minimum absolute atomic E-state index is 0.187. The number of ether oxygens (including phenoxy) is 4. The Morgan fingerprint density at radius 2 is 1.73 bits per heavy atom. The van der Waals surface area contributed by atoms with E-state index in [1.807, 2.05) is 6.92 Å². The van der Waals surface area contributed by atoms with E-state index >= 15 is 0 Å². The van der Waals surface area contributed by atoms with Gasteiger partial charge in [0.2, 0.25) is 0 Å². The minimum atomic E-state index is -0.645. The highest BCUT2D eigenvalue weighted by Gasteiger charge is 2.31. The van der Waals surface area contributed by atoms with Crippen LogP contribution in [0.2, 0.25) is 0 Å². The summed E-state index contributed by atoms with van der Waals surface area (Å²) in [7, 11) is 3.06. The van der Waals surface area contributed by atoms with E-state index in [-0.39, 0.29) is 24.5 Å². The van der Waals surface area contributed by atoms with Gasteiger partial charge in [-0.1, -0.05) is 6.92 Å². The topological polar surface area (TPSA) is 112 Å². The summed E-state index contributed by atoms with van der Waals surface area (Å²) in [5.41, 5.74) is 1.12. The number of esters is 2. The zero-order valence-electron chi connectivity index (χ0n) is 17.4. The van der Waals surface area contributed by atoms with Crippen LogP contribution in [-0.4, -0.2) is 51.4 Å². The molecule has 2 rings (SSSR count). The molecule has 162 valence electrons. The first kappa shape index (κ1) is 22.8. The molecule has 1 aliphatic rings. The molecule has 0 fully saturated rings. The average molecular weight is 418 g/mol. The maximum atomic E-state index is 12.3. The van der Waals surface area contributed by atoms with Crippen LogP contribution >= 0.6 is 0 Å². The van der Waals surface area contributed by atoms with Gasteiger partial charge in [-0.05, 0) is 37.1 Å². The van der Waals surface area contributed by atoms with Gasteiger partial charge in [-0.15, -0.1) is 0 Å². The lowest BCUT2D eigenvalue weighted by molar-refractivity contribution is -0.140. The van der Waals surface area contributed by atoms with Crippen molar-refractivity contribution in [3.63, 3.8) is 0 Å². The zero-order chi connectivity index (χ0) is 22.1. The Bertz CT molecular complexity index is 839. The van der Waals surface area contributed by atoms with Crippen LogP contribution in [0.25, 0.3) is 6.08 Å². The van der Waals surface area contributed by atoms with Crippen LogP contribution in [-0.2, 0) is 19.1 Å². The summed E-state index contributed by atoms with van der Waals surface area (Å²) in [6.07, 6.45) is 3.26. The van der Waals surface area contributed by atoms with Gasteiger partial charge in [0, 0.05) is 12.1 Å². The van der Waals surface area contributed by atoms with Gasteiger partial charge < -0.3 is 29.6 Å². The standard InChI is InChI=1S/C21H26N2O7/c1-5-16-19(20(25)29-6-2)17(23-21(26)22-16)12-30-18(24)8-7-13-9-14(27-3)11-15(10-13)28-4/h7-11,16H,5-6,12H2,1-4H3,(H2,22,23,26)/b8-7+/t16-/m1/s1. The Balaban J connectivity index is 2.13. The normalized spacial score (nSPS) is 16.0. The first-order valence-corrected chi connectivity index (χ1v) is 9.47. The maximum Gasteiger partial charge on any atom is 0.338 e. The monoisotopic (exact) mass is 418 g/mol. The summed E-state index contributed by atoms with van der Waals surface area (Å²) in [6.45, 7) is 3.42. The fraction of sp³-hybridized carbons (Fsp3) is 0.381. The quantitative estimate of drug-likeness (QED) is 0.467. The van der Waals surface area contributed by atoms with Crippen molar-refractivity contribution in [3.05, 3.63) is 41.1 Å². The second-order valence-electron chi connectivity index (χ2n) is 6.26. The van der Waals surface area contributed by atoms with E-state index in [0.29, 0.717) is 23.5 Å². The van der Waals surface area contributed by atoms with E-state index < -0.39 is 24.0 Å². The van der Waals surface area contributed by atoms with Crippen LogP contribution in [0, 0.1) is 0 Å². The highest BCUT2D eigenvalue weighted by Crippen LogP contribution is 2.23. The van der Waals surface area contributed by atoms with Crippen molar-refractivity contribution in [2.45, 2.75) is 26.3 Å². The van der Waals surface area contributed by atoms with Crippen molar-refractivity contribution in [2.75, 3.05) is 27.4 Å². The third kappa shape index (κ3) is 6.00. The van der Waals surface area contributed by atoms with E-state index in [4.69, 9.17) is 18.9 Å². The first-order valence-electron chi connectivity index (χ1n) is 9.47. The fourth-order valence-electron chi connectivity index (χ4n) is 2.86. The van der Waals surface area contributed by atoms with E-state index in [2.05, 4.69) is 10.6 Å². The van der Waals surface area contributed by atoms with Gasteiger partial charge in [0.05, 0.1) is 38.1 Å². The summed E-state index contributed by atoms with van der Waals surface area (Å²) in [6, 6.07) is 4.17. The molecule has 0 unspecified atom stereocenters. The molecule has 0 saturated carbocycles. The van der Waals surface area contributed by atoms with Crippen molar-refractivity contribution in [1.29, 1.82) is 0 Å². The summed E-state index contributed by atoms with van der Waals surface area (Å²) in [5, 5.41) is 5.18. The lowest BCUT2D eigenvalue weighted by Gasteiger charge is -2.28. The Morgan fingerprint density at radius 1 is 1.07 bits per heavy atom. The van der Waals surface area contributed by atoms with Gasteiger partial charge in [0.15, 0.2) is 0 Å². The van der Waals surface area contributed by atoms with Gasteiger partial charge >= 0.3 is 18.0 Å². The summed E-state index contributed by atoms with van der Waals surface area (Å²) in [4.78, 5) is 36.3. The van der Waals surface area contributed by atoms with Crippen LogP contribution < -0.4 is 20.1 Å². The smallest absolute Gasteiger partial charge is 0.338 e. The number of carbonyl (C=O) groups excluding carboxylic acids is 3. The molecule has 1 atom stereocenters. The number of hydrogen-bond donors (Lipinski definition) is 2. The Labute approximate surface area is 175 Å². The summed E-state index contributed by atoms with van der Waals surface area (Å²) in [5.74, 6) is -0.0560. The third-order valence-corrected chi connectivity index (χ3v) is 4.29. The molecule has 1 aliphatic heterocycles. The average Bonchev–Trinajstić information content (AvgIpc) is 2.75. The molecule has 0 spiro atoms. The van der Waals surface area contributed by atoms with E-state index in [0.717, 1.165) is 0 Å². The molecular formula is C21H26N2O7. The van der Waals surface area contributed by atoms with E-state index in [1.165, 1.54) is 20.3 Å². The van der Waals surface area contributed by atoms with E-state index in [9.17, 15) is 14.4 Å². The Morgan fingerprint density at radius 3 is 2.30 bits per heavy atom. The predicted molar refractivity (Wildman–Crippen MR) is 109 cm³/mol. The van der Waals surface area contributed by atoms with E-state index in [1.54, 1.807) is 31.2 Å². The minimum Gasteiger partial charge on any atom is -0.497 e. The Kier molecular flexibility index (Phi) is 8.28. The van der Waals surface area contributed by atoms with Gasteiger partial charge in [0.25, 0.3) is 0 Å². The fourth-order valence-corrected chi connectivity index (χ4v) is 2.86. The predicted octanol–water partition coefficient (Wildman–Crippen LogP) is 2.17. The summed E-state index contributed by atoms with van der Waals surface area (Å²) >= 11 is 0. The second-order valence-corrected chi connectivity index (χ2v) is 6.26. The molecule has 0 aromatic heterocycles. The van der Waals surface area contributed by atoms with Crippen LogP contribution in [0.3, 0.4) is 0 Å². The highest BCUT2D eigenvalue weighted by molar-refractivity contribution is 5.95. The Hall–Kier alpha value is -3.49. The third-order valence-electron chi connectivity index (χ3n) is 4.29. The molecule has 1 heterocycles. The van der Waals surface area contributed by atoms with Crippen LogP contribution in [0.1, 0.15) is 25.8 Å². The first-order chi connectivity index (χ1) is 14.4. The molecule has 1 aromatic carbocycles. The van der Waals surface area contributed by atoms with Crippen molar-refractivity contribution >= 4 is 24.0 Å².